The van der Waals surface area contributed by atoms with Gasteiger partial charge in [0.05, 0.1) is 22.4 Å². The lowest BCUT2D eigenvalue weighted by molar-refractivity contribution is -0.384. The number of nitrogens with zero attached hydrogens (tertiary/aromatic N) is 2. The van der Waals surface area contributed by atoms with E-state index in [1.807, 2.05) is 6.07 Å². The summed E-state index contributed by atoms with van der Waals surface area (Å²) in [6.07, 6.45) is 0. The van der Waals surface area contributed by atoms with Crippen LogP contribution in [0.4, 0.5) is 11.4 Å². The lowest BCUT2D eigenvalue weighted by atomic mass is 10.2. The van der Waals surface area contributed by atoms with E-state index in [0.717, 1.165) is 6.07 Å². The number of hydrogen-bond acceptors (Lipinski definition) is 8. The van der Waals surface area contributed by atoms with Gasteiger partial charge in [0.15, 0.2) is 6.61 Å². The van der Waals surface area contributed by atoms with Crippen molar-refractivity contribution in [3.8, 4) is 6.07 Å². The van der Waals surface area contributed by atoms with E-state index in [1.54, 1.807) is 24.3 Å². The number of esters is 1. The van der Waals surface area contributed by atoms with Gasteiger partial charge in [-0.25, -0.2) is 0 Å². The SMILES string of the molecule is N#CCSc1ccccc1NC(=O)COC(=O)CNC(=O)c1cccc([N+](=O)[O-])c1. The van der Waals surface area contributed by atoms with E-state index in [4.69, 9.17) is 10.00 Å². The summed E-state index contributed by atoms with van der Waals surface area (Å²) in [4.78, 5) is 46.5. The van der Waals surface area contributed by atoms with Crippen LogP contribution < -0.4 is 10.6 Å². The lowest BCUT2D eigenvalue weighted by Crippen LogP contribution is -2.32. The van der Waals surface area contributed by atoms with E-state index in [-0.39, 0.29) is 17.0 Å². The van der Waals surface area contributed by atoms with Gasteiger partial charge in [-0.1, -0.05) is 18.2 Å². The van der Waals surface area contributed by atoms with Crippen molar-refractivity contribution in [2.45, 2.75) is 4.90 Å². The minimum Gasteiger partial charge on any atom is -0.454 e. The fourth-order valence-corrected chi connectivity index (χ4v) is 2.87. The third-order valence-electron chi connectivity index (χ3n) is 3.53. The maximum atomic E-state index is 12.0. The molecule has 2 amide bonds. The molecule has 0 aliphatic carbocycles. The molecule has 0 saturated carbocycles. The first kappa shape index (κ1) is 22.4. The van der Waals surface area contributed by atoms with Gasteiger partial charge in [-0.05, 0) is 18.2 Å². The minimum atomic E-state index is -0.851. The van der Waals surface area contributed by atoms with Crippen LogP contribution in [0.5, 0.6) is 0 Å². The first-order valence-electron chi connectivity index (χ1n) is 8.47. The summed E-state index contributed by atoms with van der Waals surface area (Å²) in [6.45, 7) is -1.08. The molecule has 0 saturated heterocycles. The number of nitriles is 1. The Morgan fingerprint density at radius 2 is 1.93 bits per heavy atom. The third-order valence-corrected chi connectivity index (χ3v) is 4.47. The van der Waals surface area contributed by atoms with Crippen molar-refractivity contribution in [2.24, 2.45) is 0 Å². The number of para-hydroxylation sites is 1. The Morgan fingerprint density at radius 1 is 1.17 bits per heavy atom. The molecule has 10 nitrogen and oxygen atoms in total. The predicted molar refractivity (Wildman–Crippen MR) is 108 cm³/mol. The number of non-ortho nitro benzene ring substituents is 1. The summed E-state index contributed by atoms with van der Waals surface area (Å²) in [7, 11) is 0. The summed E-state index contributed by atoms with van der Waals surface area (Å²) in [5.41, 5.74) is 0.245. The highest BCUT2D eigenvalue weighted by molar-refractivity contribution is 7.99. The van der Waals surface area contributed by atoms with E-state index in [2.05, 4.69) is 10.6 Å². The summed E-state index contributed by atoms with van der Waals surface area (Å²) < 4.78 is 4.81. The van der Waals surface area contributed by atoms with Gasteiger partial charge in [0.2, 0.25) is 0 Å². The van der Waals surface area contributed by atoms with Crippen molar-refractivity contribution in [2.75, 3.05) is 24.2 Å². The molecular formula is C19H16N4O6S. The predicted octanol–water partition coefficient (Wildman–Crippen LogP) is 2.12. The third kappa shape index (κ3) is 6.92. The molecule has 0 atom stereocenters. The monoisotopic (exact) mass is 428 g/mol. The number of nitro groups is 1. The van der Waals surface area contributed by atoms with E-state index in [9.17, 15) is 24.5 Å². The van der Waals surface area contributed by atoms with E-state index in [0.29, 0.717) is 10.6 Å². The van der Waals surface area contributed by atoms with Crippen molar-refractivity contribution < 1.29 is 24.0 Å². The molecule has 0 bridgehead atoms. The zero-order valence-corrected chi connectivity index (χ0v) is 16.3. The Hall–Kier alpha value is -3.91. The lowest BCUT2D eigenvalue weighted by Gasteiger charge is -2.10. The maximum absolute atomic E-state index is 12.0. The Balaban J connectivity index is 1.80. The zero-order valence-electron chi connectivity index (χ0n) is 15.5. The topological polar surface area (TPSA) is 151 Å². The number of rotatable bonds is 9. The molecule has 0 unspecified atom stereocenters. The van der Waals surface area contributed by atoms with Crippen LogP contribution in [-0.2, 0) is 14.3 Å². The largest absolute Gasteiger partial charge is 0.454 e. The number of carbonyl (C=O) groups is 3. The molecular weight excluding hydrogens is 412 g/mol. The number of carbonyl (C=O) groups excluding carboxylic acids is 3. The second-order valence-corrected chi connectivity index (χ2v) is 6.66. The second kappa shape index (κ2) is 11.2. The van der Waals surface area contributed by atoms with Gasteiger partial charge >= 0.3 is 5.97 Å². The molecule has 30 heavy (non-hydrogen) atoms. The average molecular weight is 428 g/mol. The van der Waals surface area contributed by atoms with Crippen molar-refractivity contribution in [3.63, 3.8) is 0 Å². The number of nitrogens with one attached hydrogen (secondary N) is 2. The normalized spacial score (nSPS) is 9.83. The van der Waals surface area contributed by atoms with Gasteiger partial charge in [0, 0.05) is 22.6 Å². The van der Waals surface area contributed by atoms with Crippen molar-refractivity contribution in [1.82, 2.24) is 5.32 Å². The summed E-state index contributed by atoms with van der Waals surface area (Å²) in [6, 6.07) is 13.9. The Morgan fingerprint density at radius 3 is 2.67 bits per heavy atom. The number of nitro benzene ring substituents is 1. The van der Waals surface area contributed by atoms with Crippen molar-refractivity contribution >= 4 is 40.9 Å². The molecule has 2 aromatic carbocycles. The summed E-state index contributed by atoms with van der Waals surface area (Å²) in [5.74, 6) is -1.91. The second-order valence-electron chi connectivity index (χ2n) is 5.64. The Bertz CT molecular complexity index is 1000. The molecule has 11 heteroatoms. The van der Waals surface area contributed by atoms with Crippen LogP contribution >= 0.6 is 11.8 Å². The molecule has 2 rings (SSSR count). The van der Waals surface area contributed by atoms with Gasteiger partial charge in [0.1, 0.15) is 6.54 Å². The number of ether oxygens (including phenoxy) is 1. The average Bonchev–Trinajstić information content (AvgIpc) is 2.75. The van der Waals surface area contributed by atoms with Crippen LogP contribution in [-0.4, -0.2) is 41.6 Å². The maximum Gasteiger partial charge on any atom is 0.325 e. The van der Waals surface area contributed by atoms with E-state index >= 15 is 0 Å². The number of benzene rings is 2. The number of amides is 2. The van der Waals surface area contributed by atoms with Crippen LogP contribution in [0, 0.1) is 21.4 Å². The molecule has 154 valence electrons. The van der Waals surface area contributed by atoms with Crippen LogP contribution in [0.3, 0.4) is 0 Å². The fourth-order valence-electron chi connectivity index (χ4n) is 2.20. The number of anilines is 1. The summed E-state index contributed by atoms with van der Waals surface area (Å²) >= 11 is 1.25. The highest BCUT2D eigenvalue weighted by Gasteiger charge is 2.14. The van der Waals surface area contributed by atoms with Gasteiger partial charge in [-0.2, -0.15) is 5.26 Å². The molecule has 2 aromatic rings. The first-order valence-corrected chi connectivity index (χ1v) is 9.46. The first-order chi connectivity index (χ1) is 14.4. The van der Waals surface area contributed by atoms with E-state index in [1.165, 1.54) is 30.0 Å². The Kier molecular flexibility index (Phi) is 8.34. The van der Waals surface area contributed by atoms with Crippen LogP contribution in [0.2, 0.25) is 0 Å². The molecule has 0 spiro atoms. The quantitative estimate of drug-likeness (QED) is 0.267. The molecule has 0 aliphatic heterocycles. The van der Waals surface area contributed by atoms with E-state index < -0.39 is 35.9 Å². The van der Waals surface area contributed by atoms with Gasteiger partial charge < -0.3 is 15.4 Å². The molecule has 0 heterocycles. The van der Waals surface area contributed by atoms with Gasteiger partial charge in [-0.15, -0.1) is 11.8 Å². The summed E-state index contributed by atoms with van der Waals surface area (Å²) in [5, 5.41) is 24.3. The smallest absolute Gasteiger partial charge is 0.325 e. The van der Waals surface area contributed by atoms with Gasteiger partial charge in [-0.3, -0.25) is 24.5 Å². The van der Waals surface area contributed by atoms with Crippen LogP contribution in [0.25, 0.3) is 0 Å². The molecule has 0 fully saturated rings. The molecule has 0 radical (unpaired) electrons. The van der Waals surface area contributed by atoms with Gasteiger partial charge in [0.25, 0.3) is 17.5 Å². The number of hydrogen-bond donors (Lipinski definition) is 2. The molecule has 2 N–H and O–H groups in total. The highest BCUT2D eigenvalue weighted by atomic mass is 32.2. The fraction of sp³-hybridized carbons (Fsp3) is 0.158. The van der Waals surface area contributed by atoms with Crippen LogP contribution in [0.1, 0.15) is 10.4 Å². The van der Waals surface area contributed by atoms with Crippen molar-refractivity contribution in [1.29, 1.82) is 5.26 Å². The van der Waals surface area contributed by atoms with Crippen molar-refractivity contribution in [3.05, 3.63) is 64.2 Å². The highest BCUT2D eigenvalue weighted by Crippen LogP contribution is 2.26. The molecule has 0 aliphatic rings. The molecule has 0 aromatic heterocycles. The number of thioether (sulfide) groups is 1. The Labute approximate surface area is 175 Å². The standard InChI is InChI=1S/C19H16N4O6S/c20-8-9-30-16-7-2-1-6-15(16)22-17(24)12-29-18(25)11-21-19(26)13-4-3-5-14(10-13)23(27)28/h1-7,10H,9,11-12H2,(H,21,26)(H,22,24). The zero-order chi connectivity index (χ0) is 21.9. The van der Waals surface area contributed by atoms with Crippen LogP contribution in [0.15, 0.2) is 53.4 Å². The minimum absolute atomic E-state index is 0.0150.